The number of hydrogen-bond donors (Lipinski definition) is 2. The van der Waals surface area contributed by atoms with Crippen molar-refractivity contribution >= 4 is 18.0 Å². The normalized spacial score (nSPS) is 19.2. The van der Waals surface area contributed by atoms with Crippen molar-refractivity contribution in [2.75, 3.05) is 45.9 Å². The van der Waals surface area contributed by atoms with Crippen LogP contribution in [-0.2, 0) is 9.53 Å². The second-order valence-corrected chi connectivity index (χ2v) is 9.44. The molecule has 0 saturated carbocycles. The van der Waals surface area contributed by atoms with E-state index in [0.29, 0.717) is 50.5 Å². The highest BCUT2D eigenvalue weighted by atomic mass is 16.5. The van der Waals surface area contributed by atoms with E-state index in [1.807, 2.05) is 52.8 Å². The number of nitrogens with one attached hydrogen (secondary N) is 2. The molecule has 1 atom stereocenters. The van der Waals surface area contributed by atoms with Crippen LogP contribution in [0.15, 0.2) is 29.5 Å². The van der Waals surface area contributed by atoms with Crippen molar-refractivity contribution in [1.82, 2.24) is 25.3 Å². The molecule has 0 aromatic heterocycles. The molecular formula is C26H39N5O4. The Morgan fingerprint density at radius 1 is 1.14 bits per heavy atom. The second-order valence-electron chi connectivity index (χ2n) is 9.44. The number of urea groups is 2. The largest absolute Gasteiger partial charge is 0.463 e. The number of ether oxygens (including phenoxy) is 1. The molecule has 3 rings (SSSR count). The Morgan fingerprint density at radius 2 is 1.83 bits per heavy atom. The van der Waals surface area contributed by atoms with Gasteiger partial charge in [0.25, 0.3) is 0 Å². The lowest BCUT2D eigenvalue weighted by Gasteiger charge is -2.40. The average molecular weight is 486 g/mol. The van der Waals surface area contributed by atoms with Crippen LogP contribution in [0.1, 0.15) is 50.4 Å². The number of carbonyl (C=O) groups excluding carboxylic acids is 3. The number of nitrogens with zero attached hydrogens (tertiary/aromatic N) is 3. The molecule has 4 amide bonds. The number of amides is 4. The number of esters is 1. The van der Waals surface area contributed by atoms with Crippen LogP contribution in [-0.4, -0.2) is 84.6 Å². The van der Waals surface area contributed by atoms with Crippen LogP contribution < -0.4 is 10.6 Å². The summed E-state index contributed by atoms with van der Waals surface area (Å²) >= 11 is 0. The summed E-state index contributed by atoms with van der Waals surface area (Å²) in [5.41, 5.74) is 4.09. The van der Waals surface area contributed by atoms with Crippen LogP contribution in [0.25, 0.3) is 0 Å². The Kier molecular flexibility index (Phi) is 8.77. The summed E-state index contributed by atoms with van der Waals surface area (Å²) in [5.74, 6) is -0.415. The summed E-state index contributed by atoms with van der Waals surface area (Å²) in [6.07, 6.45) is 0. The number of benzene rings is 1. The minimum atomic E-state index is -0.586. The standard InChI is InChI=1S/C26H39N5O4/c1-7-31-21(16-29-11-13-30(14-12-29)25(33)27-17(3)4)22(24(32)35-8-2)23(28-26(31)34)20-15-18(5)9-10-19(20)6/h9-10,15,17,23H,7-8,11-14,16H2,1-6H3,(H,27,33)(H,28,34)/t23-/m1/s1. The smallest absolute Gasteiger partial charge is 0.338 e. The number of likely N-dealkylation sites (N-methyl/N-ethyl adjacent to an activating group) is 1. The summed E-state index contributed by atoms with van der Waals surface area (Å²) < 4.78 is 5.48. The van der Waals surface area contributed by atoms with Crippen LogP contribution in [0.2, 0.25) is 0 Å². The lowest BCUT2D eigenvalue weighted by Crippen LogP contribution is -2.55. The number of piperazine rings is 1. The first-order valence-electron chi connectivity index (χ1n) is 12.5. The SMILES string of the molecule is CCOC(=O)C1=C(CN2CCN(C(=O)NC(C)C)CC2)N(CC)C(=O)N[C@@H]1c1cc(C)ccc1C. The summed E-state index contributed by atoms with van der Waals surface area (Å²) in [7, 11) is 0. The maximum Gasteiger partial charge on any atom is 0.338 e. The molecule has 0 bridgehead atoms. The lowest BCUT2D eigenvalue weighted by atomic mass is 9.90. The Morgan fingerprint density at radius 3 is 2.43 bits per heavy atom. The van der Waals surface area contributed by atoms with Crippen molar-refractivity contribution in [1.29, 1.82) is 0 Å². The lowest BCUT2D eigenvalue weighted by molar-refractivity contribution is -0.139. The molecule has 2 aliphatic heterocycles. The van der Waals surface area contributed by atoms with E-state index in [9.17, 15) is 14.4 Å². The van der Waals surface area contributed by atoms with Crippen molar-refractivity contribution in [2.45, 2.75) is 53.6 Å². The van der Waals surface area contributed by atoms with Gasteiger partial charge in [-0.05, 0) is 52.7 Å². The summed E-state index contributed by atoms with van der Waals surface area (Å²) in [5, 5.41) is 5.98. The number of aryl methyl sites for hydroxylation is 2. The summed E-state index contributed by atoms with van der Waals surface area (Å²) in [6.45, 7) is 15.1. The van der Waals surface area contributed by atoms with E-state index in [0.717, 1.165) is 16.7 Å². The highest BCUT2D eigenvalue weighted by molar-refractivity contribution is 5.95. The van der Waals surface area contributed by atoms with E-state index in [1.165, 1.54) is 0 Å². The fourth-order valence-electron chi connectivity index (χ4n) is 4.62. The van der Waals surface area contributed by atoms with Crippen LogP contribution >= 0.6 is 0 Å². The molecule has 1 fully saturated rings. The van der Waals surface area contributed by atoms with Gasteiger partial charge in [0.1, 0.15) is 0 Å². The molecule has 9 heteroatoms. The monoisotopic (exact) mass is 485 g/mol. The topological polar surface area (TPSA) is 94.2 Å². The predicted molar refractivity (Wildman–Crippen MR) is 135 cm³/mol. The number of carbonyl (C=O) groups is 3. The third kappa shape index (κ3) is 6.14. The fraction of sp³-hybridized carbons (Fsp3) is 0.577. The highest BCUT2D eigenvalue weighted by Crippen LogP contribution is 2.34. The molecule has 35 heavy (non-hydrogen) atoms. The quantitative estimate of drug-likeness (QED) is 0.579. The molecule has 1 saturated heterocycles. The minimum Gasteiger partial charge on any atom is -0.463 e. The zero-order chi connectivity index (χ0) is 25.7. The zero-order valence-electron chi connectivity index (χ0n) is 21.8. The van der Waals surface area contributed by atoms with Crippen molar-refractivity contribution in [2.24, 2.45) is 0 Å². The fourth-order valence-corrected chi connectivity index (χ4v) is 4.62. The van der Waals surface area contributed by atoms with E-state index in [-0.39, 0.29) is 24.7 Å². The summed E-state index contributed by atoms with van der Waals surface area (Å²) in [6, 6.07) is 5.25. The zero-order valence-corrected chi connectivity index (χ0v) is 21.8. The highest BCUT2D eigenvalue weighted by Gasteiger charge is 2.39. The molecule has 0 aliphatic carbocycles. The van der Waals surface area contributed by atoms with Gasteiger partial charge in [-0.25, -0.2) is 14.4 Å². The molecule has 2 N–H and O–H groups in total. The first-order chi connectivity index (χ1) is 16.7. The van der Waals surface area contributed by atoms with Gasteiger partial charge in [-0.2, -0.15) is 0 Å². The van der Waals surface area contributed by atoms with Gasteiger partial charge in [-0.1, -0.05) is 23.8 Å². The van der Waals surface area contributed by atoms with E-state index in [1.54, 1.807) is 16.7 Å². The number of rotatable bonds is 7. The van der Waals surface area contributed by atoms with Crippen LogP contribution in [0, 0.1) is 13.8 Å². The molecule has 0 unspecified atom stereocenters. The second kappa shape index (κ2) is 11.6. The third-order valence-corrected chi connectivity index (χ3v) is 6.44. The van der Waals surface area contributed by atoms with Gasteiger partial charge in [-0.15, -0.1) is 0 Å². The molecule has 1 aromatic carbocycles. The van der Waals surface area contributed by atoms with E-state index in [2.05, 4.69) is 15.5 Å². The van der Waals surface area contributed by atoms with Crippen LogP contribution in [0.4, 0.5) is 9.59 Å². The first-order valence-corrected chi connectivity index (χ1v) is 12.5. The molecule has 0 spiro atoms. The summed E-state index contributed by atoms with van der Waals surface area (Å²) in [4.78, 5) is 44.5. The van der Waals surface area contributed by atoms with Crippen molar-refractivity contribution in [3.05, 3.63) is 46.2 Å². The van der Waals surface area contributed by atoms with Gasteiger partial charge >= 0.3 is 18.0 Å². The Hall–Kier alpha value is -3.07. The van der Waals surface area contributed by atoms with Crippen molar-refractivity contribution < 1.29 is 19.1 Å². The maximum atomic E-state index is 13.3. The Bertz CT molecular complexity index is 982. The van der Waals surface area contributed by atoms with Gasteiger partial charge in [0.15, 0.2) is 0 Å². The van der Waals surface area contributed by atoms with Crippen molar-refractivity contribution in [3.63, 3.8) is 0 Å². The molecule has 9 nitrogen and oxygen atoms in total. The van der Waals surface area contributed by atoms with Crippen LogP contribution in [0.3, 0.4) is 0 Å². The Labute approximate surface area is 208 Å². The maximum absolute atomic E-state index is 13.3. The Balaban J connectivity index is 1.95. The van der Waals surface area contributed by atoms with Gasteiger partial charge in [0.2, 0.25) is 0 Å². The molecule has 2 heterocycles. The first kappa shape index (κ1) is 26.5. The van der Waals surface area contributed by atoms with Crippen LogP contribution in [0.5, 0.6) is 0 Å². The predicted octanol–water partition coefficient (Wildman–Crippen LogP) is 2.94. The van der Waals surface area contributed by atoms with Gasteiger partial charge < -0.3 is 20.3 Å². The molecule has 192 valence electrons. The number of hydrogen-bond acceptors (Lipinski definition) is 5. The van der Waals surface area contributed by atoms with E-state index in [4.69, 9.17) is 4.74 Å². The van der Waals surface area contributed by atoms with Gasteiger partial charge in [0, 0.05) is 51.0 Å². The van der Waals surface area contributed by atoms with Gasteiger partial charge in [0.05, 0.1) is 18.2 Å². The van der Waals surface area contributed by atoms with Gasteiger partial charge in [-0.3, -0.25) is 9.80 Å². The molecule has 0 radical (unpaired) electrons. The molecule has 1 aromatic rings. The van der Waals surface area contributed by atoms with E-state index < -0.39 is 12.0 Å². The minimum absolute atomic E-state index is 0.0618. The average Bonchev–Trinajstić information content (AvgIpc) is 2.80. The van der Waals surface area contributed by atoms with E-state index >= 15 is 0 Å². The third-order valence-electron chi connectivity index (χ3n) is 6.44. The van der Waals surface area contributed by atoms with Crippen molar-refractivity contribution in [3.8, 4) is 0 Å². The molecular weight excluding hydrogens is 446 g/mol. The molecule has 2 aliphatic rings.